The average Bonchev–Trinajstić information content (AvgIpc) is 2.48. The zero-order valence-electron chi connectivity index (χ0n) is 12.9. The molecule has 0 atom stereocenters. The van der Waals surface area contributed by atoms with Crippen molar-refractivity contribution in [1.82, 2.24) is 0 Å². The highest BCUT2D eigenvalue weighted by molar-refractivity contribution is 5.97. The number of hydrogen-bond acceptors (Lipinski definition) is 4. The van der Waals surface area contributed by atoms with Gasteiger partial charge in [-0.3, -0.25) is 14.9 Å². The monoisotopic (exact) mass is 308 g/mol. The fraction of sp³-hybridized carbons (Fsp3) is 0.562. The van der Waals surface area contributed by atoms with Crippen LogP contribution in [-0.2, 0) is 0 Å². The first-order chi connectivity index (χ1) is 10.4. The van der Waals surface area contributed by atoms with Crippen LogP contribution < -0.4 is 5.32 Å². The van der Waals surface area contributed by atoms with Crippen LogP contribution in [0.3, 0.4) is 0 Å². The van der Waals surface area contributed by atoms with Crippen LogP contribution >= 0.6 is 0 Å². The first-order valence-corrected chi connectivity index (χ1v) is 7.61. The van der Waals surface area contributed by atoms with Gasteiger partial charge in [0, 0.05) is 25.6 Å². The second-order valence-corrected chi connectivity index (χ2v) is 6.11. The zero-order chi connectivity index (χ0) is 16.3. The predicted molar refractivity (Wildman–Crippen MR) is 82.7 cm³/mol. The summed E-state index contributed by atoms with van der Waals surface area (Å²) in [6, 6.07) is 2.07. The van der Waals surface area contributed by atoms with Crippen molar-refractivity contribution in [3.63, 3.8) is 0 Å². The van der Waals surface area contributed by atoms with Crippen LogP contribution in [0.25, 0.3) is 0 Å². The molecule has 1 saturated carbocycles. The van der Waals surface area contributed by atoms with Crippen molar-refractivity contribution < 1.29 is 14.1 Å². The second kappa shape index (κ2) is 6.85. The molecule has 6 heteroatoms. The highest BCUT2D eigenvalue weighted by Gasteiger charge is 2.25. The fourth-order valence-electron chi connectivity index (χ4n) is 3.03. The van der Waals surface area contributed by atoms with E-state index in [1.165, 1.54) is 7.05 Å². The summed E-state index contributed by atoms with van der Waals surface area (Å²) in [6.45, 7) is 2.19. The summed E-state index contributed by atoms with van der Waals surface area (Å²) in [5, 5.41) is 13.6. The molecule has 2 rings (SSSR count). The van der Waals surface area contributed by atoms with Crippen molar-refractivity contribution >= 4 is 17.2 Å². The van der Waals surface area contributed by atoms with Gasteiger partial charge in [-0.25, -0.2) is 4.39 Å². The minimum Gasteiger partial charge on any atom is -0.382 e. The van der Waals surface area contributed by atoms with E-state index < -0.39 is 10.7 Å². The Bertz CT molecular complexity index is 581. The van der Waals surface area contributed by atoms with Crippen molar-refractivity contribution in [3.8, 4) is 0 Å². The van der Waals surface area contributed by atoms with Gasteiger partial charge in [0.15, 0.2) is 5.78 Å². The number of anilines is 1. The average molecular weight is 308 g/mol. The standard InChI is InChI=1S/C16H21FN2O3/c1-10-3-5-11(6-4-10)7-16(20)12-8-15(19(21)22)14(18-2)9-13(12)17/h8-11,18H,3-7H2,1-2H3. The zero-order valence-corrected chi connectivity index (χ0v) is 12.9. The number of halogens is 1. The molecule has 0 unspecified atom stereocenters. The van der Waals surface area contributed by atoms with E-state index in [0.717, 1.165) is 37.8 Å². The Morgan fingerprint density at radius 2 is 2.00 bits per heavy atom. The number of nitrogens with zero attached hydrogens (tertiary/aromatic N) is 1. The minimum absolute atomic E-state index is 0.0746. The van der Waals surface area contributed by atoms with Crippen LogP contribution in [0.15, 0.2) is 12.1 Å². The Morgan fingerprint density at radius 1 is 1.36 bits per heavy atom. The van der Waals surface area contributed by atoms with E-state index in [2.05, 4.69) is 12.2 Å². The van der Waals surface area contributed by atoms with Gasteiger partial charge in [-0.15, -0.1) is 0 Å². The van der Waals surface area contributed by atoms with Crippen molar-refractivity contribution in [1.29, 1.82) is 0 Å². The van der Waals surface area contributed by atoms with Gasteiger partial charge in [0.1, 0.15) is 11.5 Å². The van der Waals surface area contributed by atoms with E-state index in [9.17, 15) is 19.3 Å². The maximum Gasteiger partial charge on any atom is 0.293 e. The fourth-order valence-corrected chi connectivity index (χ4v) is 3.03. The molecular formula is C16H21FN2O3. The number of ketones is 1. The third-order valence-electron chi connectivity index (χ3n) is 4.46. The normalized spacial score (nSPS) is 21.4. The van der Waals surface area contributed by atoms with Gasteiger partial charge in [0.2, 0.25) is 0 Å². The lowest BCUT2D eigenvalue weighted by molar-refractivity contribution is -0.384. The molecule has 1 aliphatic rings. The molecule has 0 heterocycles. The van der Waals surface area contributed by atoms with E-state index >= 15 is 0 Å². The second-order valence-electron chi connectivity index (χ2n) is 6.11. The molecular weight excluding hydrogens is 287 g/mol. The van der Waals surface area contributed by atoms with Crippen molar-refractivity contribution in [2.24, 2.45) is 11.8 Å². The molecule has 1 aliphatic carbocycles. The van der Waals surface area contributed by atoms with E-state index in [4.69, 9.17) is 0 Å². The summed E-state index contributed by atoms with van der Waals surface area (Å²) >= 11 is 0. The maximum absolute atomic E-state index is 14.1. The highest BCUT2D eigenvalue weighted by Crippen LogP contribution is 2.33. The van der Waals surface area contributed by atoms with Gasteiger partial charge < -0.3 is 5.32 Å². The summed E-state index contributed by atoms with van der Waals surface area (Å²) < 4.78 is 14.1. The molecule has 0 amide bonds. The largest absolute Gasteiger partial charge is 0.382 e. The van der Waals surface area contributed by atoms with Crippen LogP contribution in [-0.4, -0.2) is 17.8 Å². The molecule has 0 aliphatic heterocycles. The molecule has 1 aromatic rings. The van der Waals surface area contributed by atoms with Gasteiger partial charge >= 0.3 is 0 Å². The highest BCUT2D eigenvalue weighted by atomic mass is 19.1. The van der Waals surface area contributed by atoms with Gasteiger partial charge in [0.25, 0.3) is 5.69 Å². The lowest BCUT2D eigenvalue weighted by atomic mass is 9.80. The van der Waals surface area contributed by atoms with E-state index in [1.54, 1.807) is 0 Å². The van der Waals surface area contributed by atoms with Crippen LogP contribution in [0.2, 0.25) is 0 Å². The molecule has 0 spiro atoms. The van der Waals surface area contributed by atoms with E-state index in [1.807, 2.05) is 0 Å². The Kier molecular flexibility index (Phi) is 5.11. The summed E-state index contributed by atoms with van der Waals surface area (Å²) in [4.78, 5) is 22.7. The molecule has 0 saturated heterocycles. The molecule has 120 valence electrons. The first-order valence-electron chi connectivity index (χ1n) is 7.61. The third kappa shape index (κ3) is 3.61. The van der Waals surface area contributed by atoms with Gasteiger partial charge in [0.05, 0.1) is 10.5 Å². The quantitative estimate of drug-likeness (QED) is 0.503. The third-order valence-corrected chi connectivity index (χ3v) is 4.46. The number of Topliss-reactive ketones (excluding diaryl/α,β-unsaturated/α-hetero) is 1. The number of carbonyl (C=O) groups excluding carboxylic acids is 1. The molecule has 0 radical (unpaired) electrons. The van der Waals surface area contributed by atoms with Crippen LogP contribution in [0.4, 0.5) is 15.8 Å². The lowest BCUT2D eigenvalue weighted by Crippen LogP contribution is -2.17. The topological polar surface area (TPSA) is 72.2 Å². The SMILES string of the molecule is CNc1cc(F)c(C(=O)CC2CCC(C)CC2)cc1[N+](=O)[O-]. The van der Waals surface area contributed by atoms with Crippen molar-refractivity contribution in [2.45, 2.75) is 39.0 Å². The van der Waals surface area contributed by atoms with Crippen molar-refractivity contribution in [2.75, 3.05) is 12.4 Å². The van der Waals surface area contributed by atoms with Crippen LogP contribution in [0.5, 0.6) is 0 Å². The molecule has 0 bridgehead atoms. The summed E-state index contributed by atoms with van der Waals surface area (Å²) in [6.07, 6.45) is 4.36. The Balaban J connectivity index is 2.18. The number of benzene rings is 1. The Morgan fingerprint density at radius 3 is 2.55 bits per heavy atom. The molecule has 1 N–H and O–H groups in total. The van der Waals surface area contributed by atoms with Gasteiger partial charge in [-0.05, 0) is 24.7 Å². The number of nitrogens with one attached hydrogen (secondary N) is 1. The summed E-state index contributed by atoms with van der Waals surface area (Å²) in [7, 11) is 1.48. The van der Waals surface area contributed by atoms with Gasteiger partial charge in [-0.2, -0.15) is 0 Å². The summed E-state index contributed by atoms with van der Waals surface area (Å²) in [5.41, 5.74) is -0.376. The van der Waals surface area contributed by atoms with E-state index in [-0.39, 0.29) is 35.1 Å². The van der Waals surface area contributed by atoms with Gasteiger partial charge in [-0.1, -0.05) is 19.8 Å². The lowest BCUT2D eigenvalue weighted by Gasteiger charge is -2.25. The Hall–Kier alpha value is -1.98. The van der Waals surface area contributed by atoms with Crippen LogP contribution in [0, 0.1) is 27.8 Å². The Labute approximate surface area is 129 Å². The smallest absolute Gasteiger partial charge is 0.293 e. The number of hydrogen-bond donors (Lipinski definition) is 1. The molecule has 5 nitrogen and oxygen atoms in total. The molecule has 1 aromatic carbocycles. The van der Waals surface area contributed by atoms with E-state index in [0.29, 0.717) is 5.92 Å². The number of rotatable bonds is 5. The first kappa shape index (κ1) is 16.4. The number of nitro benzene ring substituents is 1. The molecule has 1 fully saturated rings. The summed E-state index contributed by atoms with van der Waals surface area (Å²) in [5.74, 6) is -0.114. The minimum atomic E-state index is -0.705. The predicted octanol–water partition coefficient (Wildman–Crippen LogP) is 4.17. The number of nitro groups is 1. The number of carbonyl (C=O) groups is 1. The van der Waals surface area contributed by atoms with Crippen LogP contribution in [0.1, 0.15) is 49.4 Å². The molecule has 22 heavy (non-hydrogen) atoms. The maximum atomic E-state index is 14.1. The van der Waals surface area contributed by atoms with Crippen molar-refractivity contribution in [3.05, 3.63) is 33.6 Å². The molecule has 0 aromatic heterocycles.